The first-order valence-corrected chi connectivity index (χ1v) is 20.4. The van der Waals surface area contributed by atoms with Gasteiger partial charge in [0.25, 0.3) is 0 Å². The first-order valence-electron chi connectivity index (χ1n) is 20.4. The molecule has 0 saturated heterocycles. The molecule has 2 nitrogen and oxygen atoms in total. The van der Waals surface area contributed by atoms with E-state index < -0.39 is 5.41 Å². The van der Waals surface area contributed by atoms with E-state index in [0.29, 0.717) is 0 Å². The van der Waals surface area contributed by atoms with Gasteiger partial charge in [-0.2, -0.15) is 0 Å². The number of hydrogen-bond acceptors (Lipinski definition) is 0. The van der Waals surface area contributed by atoms with Crippen molar-refractivity contribution in [1.29, 1.82) is 0 Å². The maximum absolute atomic E-state index is 2.55. The zero-order valence-corrected chi connectivity index (χ0v) is 31.7. The summed E-state index contributed by atoms with van der Waals surface area (Å²) < 4.78 is 5.01. The van der Waals surface area contributed by atoms with Crippen molar-refractivity contribution in [2.75, 3.05) is 0 Å². The van der Waals surface area contributed by atoms with Gasteiger partial charge in [-0.15, -0.1) is 0 Å². The maximum Gasteiger partial charge on any atom is 0.0713 e. The highest BCUT2D eigenvalue weighted by Gasteiger charge is 2.46. The van der Waals surface area contributed by atoms with Crippen LogP contribution in [0.5, 0.6) is 0 Å². The third-order valence-corrected chi connectivity index (χ3v) is 12.9. The fraction of sp³-hybridized carbons (Fsp3) is 0.0909. The van der Waals surface area contributed by atoms with Crippen LogP contribution in [-0.2, 0) is 5.41 Å². The molecule has 0 bridgehead atoms. The van der Waals surface area contributed by atoms with E-state index in [0.717, 1.165) is 25.7 Å². The van der Waals surface area contributed by atoms with Crippen molar-refractivity contribution in [1.82, 2.24) is 9.13 Å². The number of fused-ring (bicyclic) bond motifs is 9. The maximum atomic E-state index is 2.55. The number of nitrogens with zero attached hydrogens (tertiary/aromatic N) is 2. The Labute approximate surface area is 332 Å². The minimum Gasteiger partial charge on any atom is -0.313 e. The fourth-order valence-electron chi connectivity index (χ4n) is 10.5. The van der Waals surface area contributed by atoms with E-state index in [1.54, 1.807) is 0 Å². The number of para-hydroxylation sites is 1. The second-order valence-corrected chi connectivity index (χ2v) is 15.8. The van der Waals surface area contributed by atoms with Gasteiger partial charge in [-0.25, -0.2) is 0 Å². The molecule has 0 unspecified atom stereocenters. The predicted molar refractivity (Wildman–Crippen MR) is 240 cm³/mol. The first-order chi connectivity index (χ1) is 28.3. The van der Waals surface area contributed by atoms with E-state index in [4.69, 9.17) is 0 Å². The Kier molecular flexibility index (Phi) is 7.13. The van der Waals surface area contributed by atoms with Gasteiger partial charge < -0.3 is 9.13 Å². The minimum absolute atomic E-state index is 0.448. The monoisotopic (exact) mass is 728 g/mol. The van der Waals surface area contributed by atoms with Crippen molar-refractivity contribution in [2.45, 2.75) is 31.1 Å². The van der Waals surface area contributed by atoms with Crippen LogP contribution < -0.4 is 0 Å². The van der Waals surface area contributed by atoms with Gasteiger partial charge in [0.05, 0.1) is 27.5 Å². The highest BCUT2D eigenvalue weighted by atomic mass is 15.0. The summed E-state index contributed by atoms with van der Waals surface area (Å²) in [4.78, 5) is 0. The van der Waals surface area contributed by atoms with E-state index in [9.17, 15) is 0 Å². The lowest BCUT2D eigenvalue weighted by molar-refractivity contribution is 0.770. The predicted octanol–water partition coefficient (Wildman–Crippen LogP) is 14.3. The van der Waals surface area contributed by atoms with Crippen molar-refractivity contribution >= 4 is 55.0 Å². The van der Waals surface area contributed by atoms with Crippen molar-refractivity contribution in [3.05, 3.63) is 216 Å². The lowest BCUT2D eigenvalue weighted by Crippen LogP contribution is -2.28. The average molecular weight is 729 g/mol. The lowest BCUT2D eigenvalue weighted by Gasteiger charge is -2.34. The Morgan fingerprint density at radius 2 is 1.19 bits per heavy atom. The van der Waals surface area contributed by atoms with Gasteiger partial charge in [0.15, 0.2) is 0 Å². The van der Waals surface area contributed by atoms with Gasteiger partial charge in [0.1, 0.15) is 0 Å². The van der Waals surface area contributed by atoms with Crippen LogP contribution in [0.15, 0.2) is 194 Å². The zero-order valence-electron chi connectivity index (χ0n) is 31.7. The van der Waals surface area contributed by atoms with Gasteiger partial charge in [0, 0.05) is 32.9 Å². The van der Waals surface area contributed by atoms with Crippen molar-refractivity contribution < 1.29 is 0 Å². The number of allylic oxidation sites excluding steroid dienone is 8. The molecule has 0 spiro atoms. The topological polar surface area (TPSA) is 9.86 Å². The third-order valence-electron chi connectivity index (χ3n) is 12.9. The molecule has 12 rings (SSSR count). The molecule has 0 fully saturated rings. The second-order valence-electron chi connectivity index (χ2n) is 15.8. The molecule has 0 atom stereocenters. The number of aromatic nitrogens is 2. The summed E-state index contributed by atoms with van der Waals surface area (Å²) in [6.45, 7) is 0. The number of benzene rings is 7. The molecule has 3 aliphatic rings. The highest BCUT2D eigenvalue weighted by molar-refractivity contribution is 6.18. The third kappa shape index (κ3) is 4.59. The standard InChI is InChI=1S/C55H40N2/c1-4-17-38(18-5-1)55(48-27-13-10-23-43(48)44-24-11-14-28-49(44)55)39-32-34-51-47(36-39)45-33-31-37(35-53(45)57(51)41-21-8-3-9-22-41)42-26-16-30-52-54(42)46-25-12-15-29-50(46)56(52)40-19-6-2-7-20-40/h1,3-6,8,10-21,23-36H,2,7,9,22H2. The van der Waals surface area contributed by atoms with E-state index in [1.165, 1.54) is 99.5 Å². The van der Waals surface area contributed by atoms with Crippen molar-refractivity contribution in [2.24, 2.45) is 0 Å². The summed E-state index contributed by atoms with van der Waals surface area (Å²) in [5, 5.41) is 5.16. The Morgan fingerprint density at radius 1 is 0.456 bits per heavy atom. The van der Waals surface area contributed by atoms with Crippen LogP contribution in [-0.4, -0.2) is 9.13 Å². The molecule has 9 aromatic rings. The van der Waals surface area contributed by atoms with Crippen LogP contribution in [0.1, 0.15) is 47.9 Å². The largest absolute Gasteiger partial charge is 0.313 e. The Balaban J connectivity index is 1.13. The van der Waals surface area contributed by atoms with E-state index in [-0.39, 0.29) is 0 Å². The van der Waals surface area contributed by atoms with Crippen LogP contribution >= 0.6 is 0 Å². The van der Waals surface area contributed by atoms with Crippen molar-refractivity contribution in [3.63, 3.8) is 0 Å². The smallest absolute Gasteiger partial charge is 0.0713 e. The zero-order chi connectivity index (χ0) is 37.5. The molecule has 0 saturated carbocycles. The Hall–Kier alpha value is -6.90. The van der Waals surface area contributed by atoms with Crippen molar-refractivity contribution in [3.8, 4) is 22.3 Å². The molecule has 270 valence electrons. The summed E-state index contributed by atoms with van der Waals surface area (Å²) in [5.41, 5.74) is 17.6. The SMILES string of the molecule is C1=CCCC(n2c3ccc(C4(c5ccccc5)c5ccccc5-c5ccccc54)cc3c3ccc(-c4cccc5c4c4ccccc4n5C4=CCCC=C4)cc32)=C1. The molecule has 0 radical (unpaired) electrons. The number of hydrogen-bond donors (Lipinski definition) is 0. The van der Waals surface area contributed by atoms with Gasteiger partial charge >= 0.3 is 0 Å². The Bertz CT molecular complexity index is 3190. The van der Waals surface area contributed by atoms with Gasteiger partial charge in [-0.3, -0.25) is 0 Å². The average Bonchev–Trinajstić information content (AvgIpc) is 3.91. The molecule has 57 heavy (non-hydrogen) atoms. The van der Waals surface area contributed by atoms with Gasteiger partial charge in [-0.05, 0) is 113 Å². The quantitative estimate of drug-likeness (QED) is 0.167. The molecule has 7 aromatic carbocycles. The molecule has 0 N–H and O–H groups in total. The molecular weight excluding hydrogens is 689 g/mol. The van der Waals surface area contributed by atoms with E-state index in [2.05, 4.69) is 203 Å². The van der Waals surface area contributed by atoms with E-state index in [1.807, 2.05) is 0 Å². The summed E-state index contributed by atoms with van der Waals surface area (Å²) >= 11 is 0. The molecule has 3 aliphatic carbocycles. The Morgan fingerprint density at radius 3 is 1.98 bits per heavy atom. The van der Waals surface area contributed by atoms with Crippen LogP contribution in [0.3, 0.4) is 0 Å². The molecular formula is C55H40N2. The first kappa shape index (κ1) is 32.4. The number of rotatable bonds is 5. The molecule has 2 heteroatoms. The second kappa shape index (κ2) is 12.6. The highest BCUT2D eigenvalue weighted by Crippen LogP contribution is 2.56. The molecule has 0 aliphatic heterocycles. The van der Waals surface area contributed by atoms with Crippen LogP contribution in [0.25, 0.3) is 77.3 Å². The molecule has 2 aromatic heterocycles. The molecule has 0 amide bonds. The van der Waals surface area contributed by atoms with Gasteiger partial charge in [0.2, 0.25) is 0 Å². The summed E-state index contributed by atoms with van der Waals surface area (Å²) in [6, 6.07) is 59.5. The minimum atomic E-state index is -0.448. The lowest BCUT2D eigenvalue weighted by atomic mass is 9.67. The summed E-state index contributed by atoms with van der Waals surface area (Å²) in [7, 11) is 0. The van der Waals surface area contributed by atoms with Crippen LogP contribution in [0.2, 0.25) is 0 Å². The summed E-state index contributed by atoms with van der Waals surface area (Å²) in [5.74, 6) is 0. The van der Waals surface area contributed by atoms with E-state index >= 15 is 0 Å². The molecule has 2 heterocycles. The van der Waals surface area contributed by atoms with Crippen LogP contribution in [0, 0.1) is 0 Å². The van der Waals surface area contributed by atoms with Gasteiger partial charge in [-0.1, -0.05) is 152 Å². The van der Waals surface area contributed by atoms with Crippen LogP contribution in [0.4, 0.5) is 0 Å². The summed E-state index contributed by atoms with van der Waals surface area (Å²) in [6.07, 6.45) is 18.0. The fourth-order valence-corrected chi connectivity index (χ4v) is 10.5. The normalized spacial score (nSPS) is 15.6.